The van der Waals surface area contributed by atoms with Crippen LogP contribution in [0.4, 0.5) is 0 Å². The van der Waals surface area contributed by atoms with Crippen LogP contribution >= 0.6 is 0 Å². The molecule has 17 heavy (non-hydrogen) atoms. The SMILES string of the molecule is CN1CCN(CCNC2(CO)CCCC2)CC1. The van der Waals surface area contributed by atoms with Gasteiger partial charge in [-0.2, -0.15) is 0 Å². The van der Waals surface area contributed by atoms with E-state index in [1.54, 1.807) is 0 Å². The third kappa shape index (κ3) is 3.65. The molecule has 0 radical (unpaired) electrons. The van der Waals surface area contributed by atoms with Crippen LogP contribution in [0, 0.1) is 0 Å². The molecule has 0 unspecified atom stereocenters. The largest absolute Gasteiger partial charge is 0.394 e. The maximum absolute atomic E-state index is 9.51. The molecule has 0 aromatic rings. The van der Waals surface area contributed by atoms with Gasteiger partial charge in [-0.1, -0.05) is 12.8 Å². The Hall–Kier alpha value is -0.160. The highest BCUT2D eigenvalue weighted by atomic mass is 16.3. The van der Waals surface area contributed by atoms with E-state index in [4.69, 9.17) is 0 Å². The van der Waals surface area contributed by atoms with Crippen LogP contribution in [0.2, 0.25) is 0 Å². The van der Waals surface area contributed by atoms with E-state index in [1.807, 2.05) is 0 Å². The van der Waals surface area contributed by atoms with Gasteiger partial charge in [-0.05, 0) is 19.9 Å². The van der Waals surface area contributed by atoms with Crippen LogP contribution in [0.25, 0.3) is 0 Å². The summed E-state index contributed by atoms with van der Waals surface area (Å²) in [5.41, 5.74) is 0.0482. The first kappa shape index (κ1) is 13.3. The van der Waals surface area contributed by atoms with Crippen LogP contribution < -0.4 is 5.32 Å². The summed E-state index contributed by atoms with van der Waals surface area (Å²) in [6.07, 6.45) is 4.82. The van der Waals surface area contributed by atoms with Gasteiger partial charge >= 0.3 is 0 Å². The van der Waals surface area contributed by atoms with E-state index in [2.05, 4.69) is 22.2 Å². The molecule has 0 aromatic heterocycles. The molecule has 1 aliphatic carbocycles. The zero-order chi connectivity index (χ0) is 12.1. The molecule has 2 rings (SSSR count). The number of nitrogens with zero attached hydrogens (tertiary/aromatic N) is 2. The fourth-order valence-electron chi connectivity index (χ4n) is 2.99. The third-order valence-corrected chi connectivity index (χ3v) is 4.39. The predicted octanol–water partition coefficient (Wildman–Crippen LogP) is 0.129. The number of hydrogen-bond donors (Lipinski definition) is 2. The summed E-state index contributed by atoms with van der Waals surface area (Å²) < 4.78 is 0. The molecule has 1 saturated carbocycles. The Kier molecular flexibility index (Phi) is 4.79. The second kappa shape index (κ2) is 6.14. The lowest BCUT2D eigenvalue weighted by Crippen LogP contribution is -2.51. The Morgan fingerprint density at radius 2 is 1.76 bits per heavy atom. The topological polar surface area (TPSA) is 38.7 Å². The Labute approximate surface area is 105 Å². The first-order valence-electron chi connectivity index (χ1n) is 7.01. The molecule has 2 fully saturated rings. The first-order chi connectivity index (χ1) is 8.24. The zero-order valence-electron chi connectivity index (χ0n) is 11.1. The van der Waals surface area contributed by atoms with Gasteiger partial charge in [0, 0.05) is 44.8 Å². The van der Waals surface area contributed by atoms with Gasteiger partial charge in [0.15, 0.2) is 0 Å². The molecule has 2 N–H and O–H groups in total. The molecule has 2 aliphatic rings. The van der Waals surface area contributed by atoms with Crippen molar-refractivity contribution in [3.63, 3.8) is 0 Å². The Balaban J connectivity index is 1.65. The van der Waals surface area contributed by atoms with Crippen LogP contribution in [0.5, 0.6) is 0 Å². The lowest BCUT2D eigenvalue weighted by atomic mass is 9.99. The zero-order valence-corrected chi connectivity index (χ0v) is 11.1. The summed E-state index contributed by atoms with van der Waals surface area (Å²) in [6, 6.07) is 0. The minimum atomic E-state index is 0.0482. The van der Waals surface area contributed by atoms with Gasteiger partial charge < -0.3 is 15.3 Å². The molecule has 0 atom stereocenters. The smallest absolute Gasteiger partial charge is 0.0613 e. The Bertz CT molecular complexity index is 221. The van der Waals surface area contributed by atoms with Crippen molar-refractivity contribution in [2.75, 3.05) is 52.9 Å². The number of piperazine rings is 1. The van der Waals surface area contributed by atoms with E-state index in [1.165, 1.54) is 39.0 Å². The monoisotopic (exact) mass is 241 g/mol. The number of aliphatic hydroxyl groups excluding tert-OH is 1. The van der Waals surface area contributed by atoms with E-state index in [0.717, 1.165) is 25.9 Å². The summed E-state index contributed by atoms with van der Waals surface area (Å²) in [6.45, 7) is 7.18. The minimum Gasteiger partial charge on any atom is -0.394 e. The molecule has 0 bridgehead atoms. The summed E-state index contributed by atoms with van der Waals surface area (Å²) >= 11 is 0. The molecular weight excluding hydrogens is 214 g/mol. The van der Waals surface area contributed by atoms with E-state index in [0.29, 0.717) is 6.61 Å². The molecular formula is C13H27N3O. The number of aliphatic hydroxyl groups is 1. The standard InChI is InChI=1S/C13H27N3O/c1-15-8-10-16(11-9-15)7-6-14-13(12-17)4-2-3-5-13/h14,17H,2-12H2,1H3. The summed E-state index contributed by atoms with van der Waals surface area (Å²) in [4.78, 5) is 4.91. The Morgan fingerprint density at radius 3 is 2.35 bits per heavy atom. The number of likely N-dealkylation sites (N-methyl/N-ethyl adjacent to an activating group) is 1. The normalized spacial score (nSPS) is 26.5. The van der Waals surface area contributed by atoms with Crippen molar-refractivity contribution in [3.05, 3.63) is 0 Å². The number of rotatable bonds is 5. The van der Waals surface area contributed by atoms with Gasteiger partial charge in [-0.3, -0.25) is 4.90 Å². The minimum absolute atomic E-state index is 0.0482. The second-order valence-electron chi connectivity index (χ2n) is 5.72. The summed E-state index contributed by atoms with van der Waals surface area (Å²) in [5, 5.41) is 13.1. The quantitative estimate of drug-likeness (QED) is 0.717. The number of hydrogen-bond acceptors (Lipinski definition) is 4. The fourth-order valence-corrected chi connectivity index (χ4v) is 2.99. The average Bonchev–Trinajstić information content (AvgIpc) is 2.81. The van der Waals surface area contributed by atoms with Crippen molar-refractivity contribution >= 4 is 0 Å². The molecule has 1 heterocycles. The second-order valence-corrected chi connectivity index (χ2v) is 5.72. The highest BCUT2D eigenvalue weighted by molar-refractivity contribution is 4.92. The molecule has 0 aromatic carbocycles. The summed E-state index contributed by atoms with van der Waals surface area (Å²) in [5.74, 6) is 0. The molecule has 100 valence electrons. The lowest BCUT2D eigenvalue weighted by molar-refractivity contribution is 0.134. The van der Waals surface area contributed by atoms with Crippen LogP contribution in [-0.2, 0) is 0 Å². The van der Waals surface area contributed by atoms with Gasteiger partial charge in [-0.15, -0.1) is 0 Å². The molecule has 4 heteroatoms. The maximum Gasteiger partial charge on any atom is 0.0613 e. The molecule has 1 aliphatic heterocycles. The van der Waals surface area contributed by atoms with Crippen LogP contribution in [-0.4, -0.2) is 73.4 Å². The fraction of sp³-hybridized carbons (Fsp3) is 1.00. The van der Waals surface area contributed by atoms with Crippen molar-refractivity contribution in [2.45, 2.75) is 31.2 Å². The van der Waals surface area contributed by atoms with Crippen molar-refractivity contribution in [1.29, 1.82) is 0 Å². The maximum atomic E-state index is 9.51. The highest BCUT2D eigenvalue weighted by Crippen LogP contribution is 2.28. The molecule has 1 saturated heterocycles. The van der Waals surface area contributed by atoms with Crippen molar-refractivity contribution in [3.8, 4) is 0 Å². The van der Waals surface area contributed by atoms with Gasteiger partial charge in [-0.25, -0.2) is 0 Å². The average molecular weight is 241 g/mol. The molecule has 0 spiro atoms. The van der Waals surface area contributed by atoms with Crippen molar-refractivity contribution in [2.24, 2.45) is 0 Å². The van der Waals surface area contributed by atoms with Crippen molar-refractivity contribution < 1.29 is 5.11 Å². The lowest BCUT2D eigenvalue weighted by Gasteiger charge is -2.34. The summed E-state index contributed by atoms with van der Waals surface area (Å²) in [7, 11) is 2.19. The van der Waals surface area contributed by atoms with E-state index in [9.17, 15) is 5.11 Å². The number of nitrogens with one attached hydrogen (secondary N) is 1. The van der Waals surface area contributed by atoms with E-state index < -0.39 is 0 Å². The van der Waals surface area contributed by atoms with E-state index >= 15 is 0 Å². The van der Waals surface area contributed by atoms with E-state index in [-0.39, 0.29) is 5.54 Å². The van der Waals surface area contributed by atoms with Crippen LogP contribution in [0.15, 0.2) is 0 Å². The third-order valence-electron chi connectivity index (χ3n) is 4.39. The first-order valence-corrected chi connectivity index (χ1v) is 7.01. The molecule has 4 nitrogen and oxygen atoms in total. The highest BCUT2D eigenvalue weighted by Gasteiger charge is 2.32. The van der Waals surface area contributed by atoms with Gasteiger partial charge in [0.2, 0.25) is 0 Å². The Morgan fingerprint density at radius 1 is 1.12 bits per heavy atom. The van der Waals surface area contributed by atoms with Crippen LogP contribution in [0.3, 0.4) is 0 Å². The molecule has 0 amide bonds. The predicted molar refractivity (Wildman–Crippen MR) is 70.2 cm³/mol. The van der Waals surface area contributed by atoms with Gasteiger partial charge in [0.1, 0.15) is 0 Å². The van der Waals surface area contributed by atoms with Crippen LogP contribution in [0.1, 0.15) is 25.7 Å². The van der Waals surface area contributed by atoms with Crippen molar-refractivity contribution in [1.82, 2.24) is 15.1 Å². The van der Waals surface area contributed by atoms with Gasteiger partial charge in [0.05, 0.1) is 6.61 Å². The van der Waals surface area contributed by atoms with Gasteiger partial charge in [0.25, 0.3) is 0 Å².